The van der Waals surface area contributed by atoms with Crippen LogP contribution in [0.2, 0.25) is 0 Å². The molecule has 1 aromatic heterocycles. The maximum absolute atomic E-state index is 4.34. The van der Waals surface area contributed by atoms with Gasteiger partial charge in [0.2, 0.25) is 0 Å². The summed E-state index contributed by atoms with van der Waals surface area (Å²) < 4.78 is 0. The highest BCUT2D eigenvalue weighted by atomic mass is 14.9. The molecule has 3 heteroatoms. The summed E-state index contributed by atoms with van der Waals surface area (Å²) in [6.07, 6.45) is 5.73. The van der Waals surface area contributed by atoms with Gasteiger partial charge >= 0.3 is 0 Å². The van der Waals surface area contributed by atoms with Crippen LogP contribution in [-0.4, -0.2) is 16.5 Å². The van der Waals surface area contributed by atoms with E-state index in [0.29, 0.717) is 6.04 Å². The van der Waals surface area contributed by atoms with Crippen molar-refractivity contribution < 1.29 is 0 Å². The summed E-state index contributed by atoms with van der Waals surface area (Å²) in [6.45, 7) is 7.53. The summed E-state index contributed by atoms with van der Waals surface area (Å²) in [5, 5.41) is 3.62. The van der Waals surface area contributed by atoms with Crippen molar-refractivity contribution in [1.82, 2.24) is 15.3 Å². The fraction of sp³-hybridized carbons (Fsp3) is 0.438. The van der Waals surface area contributed by atoms with Gasteiger partial charge in [0.25, 0.3) is 0 Å². The van der Waals surface area contributed by atoms with Crippen molar-refractivity contribution in [3.05, 3.63) is 53.1 Å². The molecule has 0 aliphatic rings. The highest BCUT2D eigenvalue weighted by Gasteiger charge is 2.13. The molecule has 0 spiro atoms. The first-order valence-electron chi connectivity index (χ1n) is 6.99. The van der Waals surface area contributed by atoms with Crippen LogP contribution in [0.3, 0.4) is 0 Å². The quantitative estimate of drug-likeness (QED) is 0.833. The van der Waals surface area contributed by atoms with Crippen LogP contribution in [0.1, 0.15) is 41.9 Å². The SMILES string of the molecule is CCCNC(Cc1ncc[nH]1)c1cc(C)cc(C)c1. The predicted octanol–water partition coefficient (Wildman–Crippen LogP) is 3.31. The van der Waals surface area contributed by atoms with Crippen LogP contribution < -0.4 is 5.32 Å². The molecule has 0 saturated heterocycles. The molecule has 0 aliphatic heterocycles. The second-order valence-corrected chi connectivity index (χ2v) is 5.17. The molecule has 1 heterocycles. The fourth-order valence-electron chi connectivity index (χ4n) is 2.44. The molecular formula is C16H23N3. The van der Waals surface area contributed by atoms with E-state index in [4.69, 9.17) is 0 Å². The van der Waals surface area contributed by atoms with Crippen LogP contribution in [-0.2, 0) is 6.42 Å². The van der Waals surface area contributed by atoms with Gasteiger partial charge in [-0.15, -0.1) is 0 Å². The third-order valence-electron chi connectivity index (χ3n) is 3.24. The van der Waals surface area contributed by atoms with Crippen molar-refractivity contribution in [2.75, 3.05) is 6.54 Å². The molecule has 0 saturated carbocycles. The fourth-order valence-corrected chi connectivity index (χ4v) is 2.44. The predicted molar refractivity (Wildman–Crippen MR) is 79.2 cm³/mol. The Hall–Kier alpha value is -1.61. The molecule has 0 fully saturated rings. The van der Waals surface area contributed by atoms with Gasteiger partial charge in [0.15, 0.2) is 0 Å². The second kappa shape index (κ2) is 6.53. The number of nitrogens with one attached hydrogen (secondary N) is 2. The Morgan fingerprint density at radius 3 is 2.53 bits per heavy atom. The minimum Gasteiger partial charge on any atom is -0.349 e. The summed E-state index contributed by atoms with van der Waals surface area (Å²) in [6, 6.07) is 7.07. The Morgan fingerprint density at radius 1 is 1.21 bits per heavy atom. The average Bonchev–Trinajstić information content (AvgIpc) is 2.86. The van der Waals surface area contributed by atoms with E-state index in [1.807, 2.05) is 12.4 Å². The van der Waals surface area contributed by atoms with Crippen LogP contribution in [0.25, 0.3) is 0 Å². The van der Waals surface area contributed by atoms with Gasteiger partial charge in [-0.2, -0.15) is 0 Å². The van der Waals surface area contributed by atoms with Gasteiger partial charge in [-0.25, -0.2) is 4.98 Å². The summed E-state index contributed by atoms with van der Waals surface area (Å²) in [5.41, 5.74) is 3.98. The Morgan fingerprint density at radius 2 is 1.95 bits per heavy atom. The van der Waals surface area contributed by atoms with E-state index in [2.05, 4.69) is 54.3 Å². The highest BCUT2D eigenvalue weighted by Crippen LogP contribution is 2.20. The first-order chi connectivity index (χ1) is 9.19. The Balaban J connectivity index is 2.20. The number of hydrogen-bond acceptors (Lipinski definition) is 2. The zero-order chi connectivity index (χ0) is 13.7. The average molecular weight is 257 g/mol. The first kappa shape index (κ1) is 13.8. The van der Waals surface area contributed by atoms with Crippen LogP contribution in [0.4, 0.5) is 0 Å². The van der Waals surface area contributed by atoms with Crippen LogP contribution >= 0.6 is 0 Å². The molecule has 1 atom stereocenters. The van der Waals surface area contributed by atoms with Crippen LogP contribution in [0.15, 0.2) is 30.6 Å². The van der Waals surface area contributed by atoms with Crippen molar-refractivity contribution in [3.63, 3.8) is 0 Å². The summed E-state index contributed by atoms with van der Waals surface area (Å²) >= 11 is 0. The van der Waals surface area contributed by atoms with Gasteiger partial charge in [-0.1, -0.05) is 36.2 Å². The van der Waals surface area contributed by atoms with E-state index in [1.54, 1.807) is 0 Å². The number of H-pyrrole nitrogens is 1. The van der Waals surface area contributed by atoms with Gasteiger partial charge in [0.05, 0.1) is 0 Å². The molecule has 0 amide bonds. The van der Waals surface area contributed by atoms with Crippen LogP contribution in [0, 0.1) is 13.8 Å². The van der Waals surface area contributed by atoms with Crippen molar-refractivity contribution in [3.8, 4) is 0 Å². The minimum atomic E-state index is 0.324. The third-order valence-corrected chi connectivity index (χ3v) is 3.24. The normalized spacial score (nSPS) is 12.6. The Kier molecular flexibility index (Phi) is 4.74. The van der Waals surface area contributed by atoms with Crippen molar-refractivity contribution >= 4 is 0 Å². The maximum Gasteiger partial charge on any atom is 0.107 e. The number of nitrogens with zero attached hydrogens (tertiary/aromatic N) is 1. The number of aromatic nitrogens is 2. The molecule has 1 unspecified atom stereocenters. The standard InChI is InChI=1S/C16H23N3/c1-4-5-17-15(11-16-18-6-7-19-16)14-9-12(2)8-13(3)10-14/h6-10,15,17H,4-5,11H2,1-3H3,(H,18,19). The Labute approximate surface area is 115 Å². The van der Waals surface area contributed by atoms with Crippen molar-refractivity contribution in [2.24, 2.45) is 0 Å². The molecule has 1 aromatic carbocycles. The van der Waals surface area contributed by atoms with E-state index in [0.717, 1.165) is 25.2 Å². The Bertz CT molecular complexity index is 482. The smallest absolute Gasteiger partial charge is 0.107 e. The van der Waals surface area contributed by atoms with E-state index in [-0.39, 0.29) is 0 Å². The van der Waals surface area contributed by atoms with E-state index in [9.17, 15) is 0 Å². The van der Waals surface area contributed by atoms with Gasteiger partial charge < -0.3 is 10.3 Å². The molecule has 19 heavy (non-hydrogen) atoms. The van der Waals surface area contributed by atoms with Gasteiger partial charge in [-0.3, -0.25) is 0 Å². The zero-order valence-corrected chi connectivity index (χ0v) is 12.0. The maximum atomic E-state index is 4.34. The number of benzene rings is 1. The lowest BCUT2D eigenvalue weighted by atomic mass is 9.98. The molecule has 2 rings (SSSR count). The lowest BCUT2D eigenvalue weighted by molar-refractivity contribution is 0.520. The number of rotatable bonds is 6. The van der Waals surface area contributed by atoms with Crippen LogP contribution in [0.5, 0.6) is 0 Å². The molecule has 2 N–H and O–H groups in total. The molecule has 102 valence electrons. The van der Waals surface area contributed by atoms with E-state index >= 15 is 0 Å². The van der Waals surface area contributed by atoms with Crippen molar-refractivity contribution in [1.29, 1.82) is 0 Å². The minimum absolute atomic E-state index is 0.324. The number of imidazole rings is 1. The second-order valence-electron chi connectivity index (χ2n) is 5.17. The first-order valence-corrected chi connectivity index (χ1v) is 6.99. The monoisotopic (exact) mass is 257 g/mol. The largest absolute Gasteiger partial charge is 0.349 e. The van der Waals surface area contributed by atoms with Crippen molar-refractivity contribution in [2.45, 2.75) is 39.7 Å². The van der Waals surface area contributed by atoms with Gasteiger partial charge in [0, 0.05) is 24.9 Å². The lowest BCUT2D eigenvalue weighted by Gasteiger charge is -2.19. The molecule has 3 nitrogen and oxygen atoms in total. The molecule has 0 radical (unpaired) electrons. The summed E-state index contributed by atoms with van der Waals surface area (Å²) in [7, 11) is 0. The zero-order valence-electron chi connectivity index (χ0n) is 12.0. The van der Waals surface area contributed by atoms with Gasteiger partial charge in [0.1, 0.15) is 5.82 Å². The summed E-state index contributed by atoms with van der Waals surface area (Å²) in [5.74, 6) is 1.03. The number of aryl methyl sites for hydroxylation is 2. The van der Waals surface area contributed by atoms with E-state index < -0.39 is 0 Å². The summed E-state index contributed by atoms with van der Waals surface area (Å²) in [4.78, 5) is 7.53. The lowest BCUT2D eigenvalue weighted by Crippen LogP contribution is -2.24. The highest BCUT2D eigenvalue weighted by molar-refractivity contribution is 5.31. The molecule has 2 aromatic rings. The van der Waals surface area contributed by atoms with Gasteiger partial charge in [-0.05, 0) is 32.4 Å². The molecule has 0 bridgehead atoms. The third kappa shape index (κ3) is 3.93. The number of hydrogen-bond donors (Lipinski definition) is 2. The number of aromatic amines is 1. The van der Waals surface area contributed by atoms with E-state index in [1.165, 1.54) is 16.7 Å². The molecular weight excluding hydrogens is 234 g/mol. The molecule has 0 aliphatic carbocycles. The topological polar surface area (TPSA) is 40.7 Å².